The molecule has 92 valence electrons. The number of anilines is 1. The van der Waals surface area contributed by atoms with Crippen molar-refractivity contribution >= 4 is 22.6 Å². The Morgan fingerprint density at radius 3 is 2.53 bits per heavy atom. The average Bonchev–Trinajstić information content (AvgIpc) is 2.61. The topological polar surface area (TPSA) is 24.4 Å². The number of aliphatic imine (C=N–C) groups is 1. The molecule has 2 nitrogen and oxygen atoms in total. The summed E-state index contributed by atoms with van der Waals surface area (Å²) in [6, 6.07) is 8.66. The van der Waals surface area contributed by atoms with Gasteiger partial charge in [0, 0.05) is 11.4 Å². The number of hydrogen-bond donors (Lipinski definition) is 1. The van der Waals surface area contributed by atoms with Gasteiger partial charge in [-0.05, 0) is 38.0 Å². The van der Waals surface area contributed by atoms with Gasteiger partial charge < -0.3 is 5.32 Å². The Hall–Kier alpha value is -0.960. The van der Waals surface area contributed by atoms with Crippen molar-refractivity contribution in [3.8, 4) is 0 Å². The second-order valence-corrected chi connectivity index (χ2v) is 6.05. The molecule has 0 radical (unpaired) electrons. The van der Waals surface area contributed by atoms with Crippen molar-refractivity contribution in [2.24, 2.45) is 4.99 Å². The summed E-state index contributed by atoms with van der Waals surface area (Å²) in [5, 5.41) is 4.42. The largest absolute Gasteiger partial charge is 0.335 e. The third-order valence-electron chi connectivity index (χ3n) is 2.71. The molecule has 0 saturated heterocycles. The van der Waals surface area contributed by atoms with Crippen LogP contribution in [0.25, 0.3) is 0 Å². The van der Waals surface area contributed by atoms with Gasteiger partial charge in [0.05, 0.1) is 5.54 Å². The number of nitrogens with one attached hydrogen (secondary N) is 1. The third kappa shape index (κ3) is 3.50. The minimum absolute atomic E-state index is 0.0785. The molecule has 0 bridgehead atoms. The van der Waals surface area contributed by atoms with Crippen LogP contribution in [-0.2, 0) is 6.42 Å². The number of aryl methyl sites for hydroxylation is 1. The second-order valence-electron chi connectivity index (χ2n) is 5.09. The van der Waals surface area contributed by atoms with E-state index in [4.69, 9.17) is 0 Å². The highest BCUT2D eigenvalue weighted by Crippen LogP contribution is 2.27. The Labute approximate surface area is 108 Å². The number of amidine groups is 1. The van der Waals surface area contributed by atoms with Crippen LogP contribution in [0.1, 0.15) is 32.8 Å². The number of nitrogens with zero attached hydrogens (tertiary/aromatic N) is 1. The lowest BCUT2D eigenvalue weighted by molar-refractivity contribution is 0.605. The van der Waals surface area contributed by atoms with Gasteiger partial charge in [-0.15, -0.1) is 0 Å². The summed E-state index contributed by atoms with van der Waals surface area (Å²) in [5.41, 5.74) is 2.61. The summed E-state index contributed by atoms with van der Waals surface area (Å²) in [5.74, 6) is 1.06. The molecule has 0 fully saturated rings. The Bertz CT molecular complexity index is 407. The molecule has 0 unspecified atom stereocenters. The monoisotopic (exact) mass is 248 g/mol. The summed E-state index contributed by atoms with van der Waals surface area (Å²) in [7, 11) is 0. The highest BCUT2D eigenvalue weighted by molar-refractivity contribution is 8.14. The Morgan fingerprint density at radius 1 is 1.29 bits per heavy atom. The zero-order chi connectivity index (χ0) is 12.3. The lowest BCUT2D eigenvalue weighted by atomic mass is 10.1. The minimum Gasteiger partial charge on any atom is -0.335 e. The molecule has 0 atom stereocenters. The van der Waals surface area contributed by atoms with Crippen LogP contribution in [0.2, 0.25) is 0 Å². The van der Waals surface area contributed by atoms with Crippen LogP contribution in [0.15, 0.2) is 29.3 Å². The number of rotatable bonds is 3. The van der Waals surface area contributed by atoms with E-state index in [1.54, 1.807) is 11.8 Å². The Balaban J connectivity index is 2.00. The first-order valence-corrected chi connectivity index (χ1v) is 7.16. The molecule has 1 aromatic rings. The molecule has 0 spiro atoms. The highest BCUT2D eigenvalue weighted by Gasteiger charge is 2.25. The molecular weight excluding hydrogens is 228 g/mol. The van der Waals surface area contributed by atoms with Crippen LogP contribution >= 0.6 is 11.8 Å². The number of benzene rings is 1. The highest BCUT2D eigenvalue weighted by atomic mass is 32.2. The first-order chi connectivity index (χ1) is 8.09. The maximum Gasteiger partial charge on any atom is 0.161 e. The molecule has 0 aliphatic carbocycles. The minimum atomic E-state index is 0.0785. The Kier molecular flexibility index (Phi) is 3.77. The van der Waals surface area contributed by atoms with Gasteiger partial charge in [0.2, 0.25) is 0 Å². The first kappa shape index (κ1) is 12.5. The van der Waals surface area contributed by atoms with Gasteiger partial charge in [0.1, 0.15) is 0 Å². The number of hydrogen-bond acceptors (Lipinski definition) is 3. The van der Waals surface area contributed by atoms with Gasteiger partial charge in [-0.25, -0.2) is 0 Å². The average molecular weight is 248 g/mol. The van der Waals surface area contributed by atoms with Gasteiger partial charge in [-0.3, -0.25) is 4.99 Å². The van der Waals surface area contributed by atoms with Crippen molar-refractivity contribution in [3.63, 3.8) is 0 Å². The fraction of sp³-hybridized carbons (Fsp3) is 0.500. The van der Waals surface area contributed by atoms with Crippen molar-refractivity contribution < 1.29 is 0 Å². The zero-order valence-electron chi connectivity index (χ0n) is 10.8. The van der Waals surface area contributed by atoms with Crippen LogP contribution < -0.4 is 5.32 Å². The van der Waals surface area contributed by atoms with E-state index in [9.17, 15) is 0 Å². The third-order valence-corrected chi connectivity index (χ3v) is 4.03. The second kappa shape index (κ2) is 5.13. The van der Waals surface area contributed by atoms with Crippen molar-refractivity contribution in [1.29, 1.82) is 0 Å². The molecule has 17 heavy (non-hydrogen) atoms. The Morgan fingerprint density at radius 2 is 2.00 bits per heavy atom. The maximum atomic E-state index is 4.64. The molecular formula is C14H20N2S. The zero-order valence-corrected chi connectivity index (χ0v) is 11.6. The molecule has 1 heterocycles. The van der Waals surface area contributed by atoms with Gasteiger partial charge in [-0.2, -0.15) is 0 Å². The van der Waals surface area contributed by atoms with E-state index >= 15 is 0 Å². The van der Waals surface area contributed by atoms with Gasteiger partial charge in [0.15, 0.2) is 5.17 Å². The molecule has 1 aliphatic heterocycles. The van der Waals surface area contributed by atoms with E-state index in [1.165, 1.54) is 12.0 Å². The molecule has 1 N–H and O–H groups in total. The van der Waals surface area contributed by atoms with Crippen LogP contribution in [-0.4, -0.2) is 16.5 Å². The van der Waals surface area contributed by atoms with Gasteiger partial charge in [-0.1, -0.05) is 37.2 Å². The molecule has 0 saturated carbocycles. The van der Waals surface area contributed by atoms with E-state index < -0.39 is 0 Å². The van der Waals surface area contributed by atoms with Crippen molar-refractivity contribution in [2.45, 2.75) is 39.2 Å². The predicted molar refractivity (Wildman–Crippen MR) is 78.0 cm³/mol. The van der Waals surface area contributed by atoms with Crippen LogP contribution in [0.3, 0.4) is 0 Å². The normalized spacial score (nSPS) is 17.9. The van der Waals surface area contributed by atoms with Crippen LogP contribution in [0, 0.1) is 0 Å². The van der Waals surface area contributed by atoms with E-state index in [0.717, 1.165) is 23.0 Å². The summed E-state index contributed by atoms with van der Waals surface area (Å²) in [6.45, 7) is 6.54. The van der Waals surface area contributed by atoms with E-state index in [0.29, 0.717) is 0 Å². The van der Waals surface area contributed by atoms with Gasteiger partial charge in [0.25, 0.3) is 0 Å². The molecule has 1 aromatic carbocycles. The first-order valence-electron chi connectivity index (χ1n) is 6.18. The van der Waals surface area contributed by atoms with Crippen LogP contribution in [0.4, 0.5) is 5.69 Å². The van der Waals surface area contributed by atoms with E-state index in [1.807, 2.05) is 0 Å². The summed E-state index contributed by atoms with van der Waals surface area (Å²) < 4.78 is 0. The molecule has 3 heteroatoms. The molecule has 0 aromatic heterocycles. The maximum absolute atomic E-state index is 4.64. The SMILES string of the molecule is CCCc1ccc(NC2=NC(C)(C)CS2)cc1. The van der Waals surface area contributed by atoms with E-state index in [2.05, 4.69) is 55.3 Å². The standard InChI is InChI=1S/C14H20N2S/c1-4-5-11-6-8-12(9-7-11)15-13-16-14(2,3)10-17-13/h6-9H,4-5,10H2,1-3H3,(H,15,16). The van der Waals surface area contributed by atoms with Crippen molar-refractivity contribution in [1.82, 2.24) is 0 Å². The summed E-state index contributed by atoms with van der Waals surface area (Å²) in [4.78, 5) is 4.64. The van der Waals surface area contributed by atoms with Gasteiger partial charge >= 0.3 is 0 Å². The fourth-order valence-corrected chi connectivity index (χ4v) is 2.87. The van der Waals surface area contributed by atoms with Crippen molar-refractivity contribution in [2.75, 3.05) is 11.1 Å². The molecule has 0 amide bonds. The fourth-order valence-electron chi connectivity index (χ4n) is 1.82. The lowest BCUT2D eigenvalue weighted by Crippen LogP contribution is -2.15. The quantitative estimate of drug-likeness (QED) is 0.876. The number of thioether (sulfide) groups is 1. The van der Waals surface area contributed by atoms with Crippen LogP contribution in [0.5, 0.6) is 0 Å². The predicted octanol–water partition coefficient (Wildman–Crippen LogP) is 3.93. The molecule has 1 aliphatic rings. The summed E-state index contributed by atoms with van der Waals surface area (Å²) in [6.07, 6.45) is 2.35. The van der Waals surface area contributed by atoms with Crippen molar-refractivity contribution in [3.05, 3.63) is 29.8 Å². The molecule has 2 rings (SSSR count). The smallest absolute Gasteiger partial charge is 0.161 e. The van der Waals surface area contributed by atoms with E-state index in [-0.39, 0.29) is 5.54 Å². The lowest BCUT2D eigenvalue weighted by Gasteiger charge is -2.09. The summed E-state index contributed by atoms with van der Waals surface area (Å²) >= 11 is 1.80.